The summed E-state index contributed by atoms with van der Waals surface area (Å²) in [5.41, 5.74) is 2.63. The van der Waals surface area contributed by atoms with Crippen LogP contribution in [0.4, 0.5) is 5.69 Å². The lowest BCUT2D eigenvalue weighted by atomic mass is 9.99. The Balaban J connectivity index is 2.47. The summed E-state index contributed by atoms with van der Waals surface area (Å²) in [7, 11) is 1.62. The van der Waals surface area contributed by atoms with Crippen LogP contribution in [0.1, 0.15) is 29.3 Å². The Hall–Kier alpha value is -1.55. The van der Waals surface area contributed by atoms with Gasteiger partial charge in [0.1, 0.15) is 6.23 Å². The molecule has 0 radical (unpaired) electrons. The van der Waals surface area contributed by atoms with E-state index in [0.717, 1.165) is 30.6 Å². The van der Waals surface area contributed by atoms with E-state index in [1.54, 1.807) is 13.1 Å². The maximum Gasteiger partial charge on any atom is 0.253 e. The first-order chi connectivity index (χ1) is 8.19. The van der Waals surface area contributed by atoms with Crippen molar-refractivity contribution in [3.8, 4) is 0 Å². The molecule has 0 bridgehead atoms. The van der Waals surface area contributed by atoms with E-state index in [1.165, 1.54) is 0 Å². The summed E-state index contributed by atoms with van der Waals surface area (Å²) in [5, 5.41) is 12.4. The highest BCUT2D eigenvalue weighted by atomic mass is 16.3. The lowest BCUT2D eigenvalue weighted by Gasteiger charge is -2.41. The molecule has 2 N–H and O–H groups in total. The molecule has 1 fully saturated rings. The number of rotatable bonds is 3. The van der Waals surface area contributed by atoms with E-state index in [9.17, 15) is 9.90 Å². The summed E-state index contributed by atoms with van der Waals surface area (Å²) in [5.74, 6) is -0.102. The van der Waals surface area contributed by atoms with Crippen molar-refractivity contribution >= 4 is 11.6 Å². The van der Waals surface area contributed by atoms with Crippen LogP contribution in [-0.2, 0) is 6.42 Å². The van der Waals surface area contributed by atoms with Crippen LogP contribution in [-0.4, -0.2) is 30.8 Å². The highest BCUT2D eigenvalue weighted by molar-refractivity contribution is 6.00. The third-order valence-corrected chi connectivity index (χ3v) is 3.25. The standard InChI is InChI=1S/C13H18N2O2/c1-3-9-5-4-6-10(13(17)14-2)12(9)15-8-7-11(15)16/h4-6,11,16H,3,7-8H2,1-2H3,(H,14,17). The minimum Gasteiger partial charge on any atom is -0.374 e. The summed E-state index contributed by atoms with van der Waals surface area (Å²) >= 11 is 0. The number of para-hydroxylation sites is 1. The molecule has 92 valence electrons. The summed E-state index contributed by atoms with van der Waals surface area (Å²) in [6.45, 7) is 2.86. The predicted octanol–water partition coefficient (Wildman–Crippen LogP) is 1.14. The van der Waals surface area contributed by atoms with Gasteiger partial charge in [-0.3, -0.25) is 4.79 Å². The molecule has 1 unspecified atom stereocenters. The number of carbonyl (C=O) groups excluding carboxylic acids is 1. The number of nitrogens with one attached hydrogen (secondary N) is 1. The number of nitrogens with zero attached hydrogens (tertiary/aromatic N) is 1. The molecule has 0 saturated carbocycles. The molecule has 0 aliphatic carbocycles. The summed E-state index contributed by atoms with van der Waals surface area (Å²) in [6, 6.07) is 5.70. The van der Waals surface area contributed by atoms with Crippen LogP contribution in [0.5, 0.6) is 0 Å². The molecule has 0 spiro atoms. The van der Waals surface area contributed by atoms with Crippen molar-refractivity contribution in [2.45, 2.75) is 26.0 Å². The zero-order valence-electron chi connectivity index (χ0n) is 10.2. The van der Waals surface area contributed by atoms with E-state index in [4.69, 9.17) is 0 Å². The quantitative estimate of drug-likeness (QED) is 0.824. The fourth-order valence-electron chi connectivity index (χ4n) is 2.17. The van der Waals surface area contributed by atoms with Gasteiger partial charge in [-0.25, -0.2) is 0 Å². The molecular weight excluding hydrogens is 216 g/mol. The van der Waals surface area contributed by atoms with Crippen LogP contribution in [0.2, 0.25) is 0 Å². The van der Waals surface area contributed by atoms with Gasteiger partial charge >= 0.3 is 0 Å². The average Bonchev–Trinajstić information content (AvgIpc) is 2.36. The molecule has 0 aromatic heterocycles. The predicted molar refractivity (Wildman–Crippen MR) is 67.2 cm³/mol. The zero-order chi connectivity index (χ0) is 12.4. The van der Waals surface area contributed by atoms with Crippen molar-refractivity contribution in [1.82, 2.24) is 5.32 Å². The van der Waals surface area contributed by atoms with E-state index in [-0.39, 0.29) is 5.91 Å². The molecule has 1 aromatic carbocycles. The van der Waals surface area contributed by atoms with Gasteiger partial charge in [0.05, 0.1) is 11.3 Å². The van der Waals surface area contributed by atoms with E-state index in [2.05, 4.69) is 12.2 Å². The van der Waals surface area contributed by atoms with Gasteiger partial charge in [0.15, 0.2) is 0 Å². The molecule has 1 aliphatic rings. The first-order valence-electron chi connectivity index (χ1n) is 5.97. The van der Waals surface area contributed by atoms with E-state index in [1.807, 2.05) is 17.0 Å². The van der Waals surface area contributed by atoms with Gasteiger partial charge in [0, 0.05) is 20.0 Å². The molecule has 1 heterocycles. The third-order valence-electron chi connectivity index (χ3n) is 3.25. The van der Waals surface area contributed by atoms with Gasteiger partial charge in [-0.1, -0.05) is 19.1 Å². The summed E-state index contributed by atoms with van der Waals surface area (Å²) < 4.78 is 0. The van der Waals surface area contributed by atoms with Gasteiger partial charge in [-0.15, -0.1) is 0 Å². The number of aryl methyl sites for hydroxylation is 1. The Kier molecular flexibility index (Phi) is 3.33. The zero-order valence-corrected chi connectivity index (χ0v) is 10.2. The van der Waals surface area contributed by atoms with Crippen LogP contribution in [0.3, 0.4) is 0 Å². The SMILES string of the molecule is CCc1cccc(C(=O)NC)c1N1CCC1O. The molecule has 1 aliphatic heterocycles. The number of hydrogen-bond acceptors (Lipinski definition) is 3. The molecule has 17 heavy (non-hydrogen) atoms. The van der Waals surface area contributed by atoms with E-state index < -0.39 is 6.23 Å². The monoisotopic (exact) mass is 234 g/mol. The van der Waals surface area contributed by atoms with Crippen LogP contribution < -0.4 is 10.2 Å². The second kappa shape index (κ2) is 4.75. The summed E-state index contributed by atoms with van der Waals surface area (Å²) in [4.78, 5) is 13.7. The molecule has 1 amide bonds. The Morgan fingerprint density at radius 1 is 1.59 bits per heavy atom. The molecule has 1 aromatic rings. The maximum absolute atomic E-state index is 11.8. The summed E-state index contributed by atoms with van der Waals surface area (Å²) in [6.07, 6.45) is 1.17. The number of anilines is 1. The smallest absolute Gasteiger partial charge is 0.253 e. The molecule has 1 atom stereocenters. The Morgan fingerprint density at radius 3 is 2.82 bits per heavy atom. The normalized spacial score (nSPS) is 18.8. The number of aliphatic hydroxyl groups excluding tert-OH is 1. The van der Waals surface area contributed by atoms with E-state index >= 15 is 0 Å². The van der Waals surface area contributed by atoms with Crippen molar-refractivity contribution in [3.63, 3.8) is 0 Å². The van der Waals surface area contributed by atoms with Crippen LogP contribution in [0, 0.1) is 0 Å². The fraction of sp³-hybridized carbons (Fsp3) is 0.462. The maximum atomic E-state index is 11.8. The number of hydrogen-bond donors (Lipinski definition) is 2. The average molecular weight is 234 g/mol. The van der Waals surface area contributed by atoms with Crippen LogP contribution in [0.15, 0.2) is 18.2 Å². The number of amides is 1. The van der Waals surface area contributed by atoms with Crippen molar-refractivity contribution in [1.29, 1.82) is 0 Å². The number of aliphatic hydroxyl groups is 1. The van der Waals surface area contributed by atoms with Crippen LogP contribution in [0.25, 0.3) is 0 Å². The van der Waals surface area contributed by atoms with Gasteiger partial charge in [-0.2, -0.15) is 0 Å². The third kappa shape index (κ3) is 2.00. The van der Waals surface area contributed by atoms with Gasteiger partial charge in [0.25, 0.3) is 5.91 Å². The van der Waals surface area contributed by atoms with Crippen molar-refractivity contribution in [2.75, 3.05) is 18.5 Å². The second-order valence-corrected chi connectivity index (χ2v) is 4.21. The highest BCUT2D eigenvalue weighted by Crippen LogP contribution is 2.32. The minimum atomic E-state index is -0.453. The molecule has 1 saturated heterocycles. The Labute approximate surface area is 101 Å². The minimum absolute atomic E-state index is 0.102. The number of benzene rings is 1. The molecule has 4 heteroatoms. The van der Waals surface area contributed by atoms with Crippen molar-refractivity contribution in [3.05, 3.63) is 29.3 Å². The highest BCUT2D eigenvalue weighted by Gasteiger charge is 2.30. The van der Waals surface area contributed by atoms with Gasteiger partial charge < -0.3 is 15.3 Å². The fourth-order valence-corrected chi connectivity index (χ4v) is 2.17. The first kappa shape index (κ1) is 11.9. The second-order valence-electron chi connectivity index (χ2n) is 4.21. The topological polar surface area (TPSA) is 52.6 Å². The molecular formula is C13H18N2O2. The van der Waals surface area contributed by atoms with Gasteiger partial charge in [-0.05, 0) is 18.1 Å². The lowest BCUT2D eigenvalue weighted by Crippen LogP contribution is -2.49. The molecule has 2 rings (SSSR count). The Morgan fingerprint density at radius 2 is 2.35 bits per heavy atom. The lowest BCUT2D eigenvalue weighted by molar-refractivity contribution is 0.0957. The number of carbonyl (C=O) groups is 1. The first-order valence-corrected chi connectivity index (χ1v) is 5.97. The largest absolute Gasteiger partial charge is 0.374 e. The van der Waals surface area contributed by atoms with Crippen LogP contribution >= 0.6 is 0 Å². The van der Waals surface area contributed by atoms with Gasteiger partial charge in [0.2, 0.25) is 0 Å². The van der Waals surface area contributed by atoms with Crippen molar-refractivity contribution < 1.29 is 9.90 Å². The van der Waals surface area contributed by atoms with E-state index in [0.29, 0.717) is 5.56 Å². The molecule has 4 nitrogen and oxygen atoms in total. The Bertz CT molecular complexity index is 431. The van der Waals surface area contributed by atoms with Crippen molar-refractivity contribution in [2.24, 2.45) is 0 Å².